The second-order valence-electron chi connectivity index (χ2n) is 5.72. The smallest absolute Gasteiger partial charge is 0.238 e. The maximum atomic E-state index is 12.2. The molecular weight excluding hydrogens is 366 g/mol. The Morgan fingerprint density at radius 3 is 2.59 bits per heavy atom. The van der Waals surface area contributed by atoms with Gasteiger partial charge in [0.1, 0.15) is 0 Å². The lowest BCUT2D eigenvalue weighted by Crippen LogP contribution is -2.24. The molecule has 2 aromatic heterocycles. The molecule has 27 heavy (non-hydrogen) atoms. The van der Waals surface area contributed by atoms with Gasteiger partial charge in [0.05, 0.1) is 38.3 Å². The van der Waals surface area contributed by atoms with Gasteiger partial charge in [0.2, 0.25) is 11.7 Å². The van der Waals surface area contributed by atoms with Crippen molar-refractivity contribution in [3.8, 4) is 11.5 Å². The molecule has 0 saturated heterocycles. The molecule has 0 aliphatic heterocycles. The number of benzene rings is 1. The van der Waals surface area contributed by atoms with Crippen LogP contribution in [0.25, 0.3) is 0 Å². The van der Waals surface area contributed by atoms with Crippen LogP contribution >= 0.6 is 11.3 Å². The van der Waals surface area contributed by atoms with Crippen LogP contribution in [-0.4, -0.2) is 25.9 Å². The highest BCUT2D eigenvalue weighted by atomic mass is 32.1. The zero-order valence-corrected chi connectivity index (χ0v) is 15.8. The predicted octanol–water partition coefficient (Wildman–Crippen LogP) is 3.45. The van der Waals surface area contributed by atoms with E-state index in [1.165, 1.54) is 17.6 Å². The van der Waals surface area contributed by atoms with Gasteiger partial charge in [0.25, 0.3) is 0 Å². The number of hydrogen-bond acceptors (Lipinski definition) is 6. The van der Waals surface area contributed by atoms with Crippen molar-refractivity contribution in [3.63, 3.8) is 0 Å². The molecule has 0 saturated carbocycles. The molecule has 0 unspecified atom stereocenters. The molecule has 2 heterocycles. The molecule has 3 aromatic rings. The van der Waals surface area contributed by atoms with Gasteiger partial charge >= 0.3 is 0 Å². The van der Waals surface area contributed by atoms with E-state index in [-0.39, 0.29) is 18.1 Å². The second-order valence-corrected chi connectivity index (χ2v) is 6.88. The molecule has 0 fully saturated rings. The fraction of sp³-hybridized carbons (Fsp3) is 0.200. The van der Waals surface area contributed by atoms with Gasteiger partial charge in [-0.1, -0.05) is 6.07 Å². The number of carbonyl (C=O) groups excluding carboxylic acids is 2. The zero-order chi connectivity index (χ0) is 19.2. The van der Waals surface area contributed by atoms with Crippen molar-refractivity contribution in [2.45, 2.75) is 13.0 Å². The van der Waals surface area contributed by atoms with Gasteiger partial charge in [-0.15, -0.1) is 11.3 Å². The lowest BCUT2D eigenvalue weighted by molar-refractivity contribution is -0.120. The summed E-state index contributed by atoms with van der Waals surface area (Å²) in [6.45, 7) is 0.363. The minimum atomic E-state index is -0.159. The third-order valence-corrected chi connectivity index (χ3v) is 4.99. The Bertz CT molecular complexity index is 930. The summed E-state index contributed by atoms with van der Waals surface area (Å²) < 4.78 is 15.6. The van der Waals surface area contributed by atoms with Gasteiger partial charge in [0, 0.05) is 4.88 Å². The molecule has 0 spiro atoms. The summed E-state index contributed by atoms with van der Waals surface area (Å²) in [7, 11) is 3.12. The van der Waals surface area contributed by atoms with Gasteiger partial charge in [-0.2, -0.15) is 0 Å². The van der Waals surface area contributed by atoms with E-state index in [2.05, 4.69) is 5.32 Å². The number of hydrogen-bond donors (Lipinski definition) is 1. The highest BCUT2D eigenvalue weighted by Gasteiger charge is 2.15. The van der Waals surface area contributed by atoms with E-state index in [1.807, 2.05) is 12.1 Å². The van der Waals surface area contributed by atoms with Crippen molar-refractivity contribution in [1.29, 1.82) is 0 Å². The Kier molecular flexibility index (Phi) is 5.93. The number of thiophene rings is 1. The van der Waals surface area contributed by atoms with Crippen molar-refractivity contribution in [3.05, 3.63) is 69.8 Å². The van der Waals surface area contributed by atoms with Crippen LogP contribution in [0.4, 0.5) is 0 Å². The fourth-order valence-electron chi connectivity index (χ4n) is 2.55. The average Bonchev–Trinajstić information content (AvgIpc) is 3.37. The second kappa shape index (κ2) is 8.55. The van der Waals surface area contributed by atoms with Crippen molar-refractivity contribution in [1.82, 2.24) is 5.32 Å². The lowest BCUT2D eigenvalue weighted by atomic mass is 10.1. The van der Waals surface area contributed by atoms with Crippen LogP contribution in [0.1, 0.15) is 25.9 Å². The molecular formula is C20H19NO5S. The van der Waals surface area contributed by atoms with Crippen molar-refractivity contribution in [2.24, 2.45) is 0 Å². The molecule has 1 aromatic carbocycles. The summed E-state index contributed by atoms with van der Waals surface area (Å²) in [5, 5.41) is 2.87. The highest BCUT2D eigenvalue weighted by molar-refractivity contribution is 7.14. The van der Waals surface area contributed by atoms with Crippen LogP contribution in [0.3, 0.4) is 0 Å². The lowest BCUT2D eigenvalue weighted by Gasteiger charge is -2.09. The number of methoxy groups -OCH3 is 2. The topological polar surface area (TPSA) is 77.8 Å². The standard InChI is InChI=1S/C20H19NO5S/c1-24-15-7-5-13(10-17(15)25-2)11-19(22)21-12-14-6-8-18(27-14)20(23)16-4-3-9-26-16/h3-10H,11-12H2,1-2H3,(H,21,22). The van der Waals surface area contributed by atoms with E-state index in [0.29, 0.717) is 28.7 Å². The molecule has 7 heteroatoms. The first-order chi connectivity index (χ1) is 13.1. The maximum absolute atomic E-state index is 12.2. The van der Waals surface area contributed by atoms with Crippen LogP contribution in [0, 0.1) is 0 Å². The van der Waals surface area contributed by atoms with Gasteiger partial charge in [-0.3, -0.25) is 9.59 Å². The summed E-state index contributed by atoms with van der Waals surface area (Å²) in [4.78, 5) is 25.9. The van der Waals surface area contributed by atoms with Gasteiger partial charge in [0.15, 0.2) is 17.3 Å². The molecule has 3 rings (SSSR count). The third-order valence-electron chi connectivity index (χ3n) is 3.90. The molecule has 0 bridgehead atoms. The van der Waals surface area contributed by atoms with E-state index in [1.54, 1.807) is 44.6 Å². The quantitative estimate of drug-likeness (QED) is 0.601. The average molecular weight is 385 g/mol. The Labute approximate surface area is 160 Å². The first-order valence-electron chi connectivity index (χ1n) is 8.25. The molecule has 6 nitrogen and oxygen atoms in total. The Balaban J connectivity index is 1.56. The first-order valence-corrected chi connectivity index (χ1v) is 9.07. The molecule has 1 amide bonds. The van der Waals surface area contributed by atoms with Crippen molar-refractivity contribution in [2.75, 3.05) is 14.2 Å². The molecule has 140 valence electrons. The SMILES string of the molecule is COc1ccc(CC(=O)NCc2ccc(C(=O)c3ccco3)s2)cc1OC. The minimum Gasteiger partial charge on any atom is -0.493 e. The Morgan fingerprint density at radius 2 is 1.89 bits per heavy atom. The zero-order valence-electron chi connectivity index (χ0n) is 15.0. The number of ether oxygens (including phenoxy) is 2. The number of ketones is 1. The number of furan rings is 1. The monoisotopic (exact) mass is 385 g/mol. The normalized spacial score (nSPS) is 10.4. The molecule has 0 radical (unpaired) electrons. The first kappa shape index (κ1) is 18.7. The Morgan fingerprint density at radius 1 is 1.07 bits per heavy atom. The summed E-state index contributed by atoms with van der Waals surface area (Å²) >= 11 is 1.34. The number of amides is 1. The van der Waals surface area contributed by atoms with E-state index in [4.69, 9.17) is 13.9 Å². The van der Waals surface area contributed by atoms with E-state index in [9.17, 15) is 9.59 Å². The van der Waals surface area contributed by atoms with Crippen molar-refractivity contribution >= 4 is 23.0 Å². The summed E-state index contributed by atoms with van der Waals surface area (Å²) in [6.07, 6.45) is 1.69. The summed E-state index contributed by atoms with van der Waals surface area (Å²) in [6, 6.07) is 12.3. The number of rotatable bonds is 8. The molecule has 1 N–H and O–H groups in total. The van der Waals surface area contributed by atoms with Gasteiger partial charge in [-0.25, -0.2) is 0 Å². The highest BCUT2D eigenvalue weighted by Crippen LogP contribution is 2.27. The summed E-state index contributed by atoms with van der Waals surface area (Å²) in [5.41, 5.74) is 0.824. The van der Waals surface area contributed by atoms with Crippen LogP contribution in [0.5, 0.6) is 11.5 Å². The number of nitrogens with one attached hydrogen (secondary N) is 1. The largest absolute Gasteiger partial charge is 0.493 e. The van der Waals surface area contributed by atoms with E-state index in [0.717, 1.165) is 10.4 Å². The fourth-order valence-corrected chi connectivity index (χ4v) is 3.44. The predicted molar refractivity (Wildman–Crippen MR) is 102 cm³/mol. The van der Waals surface area contributed by atoms with Crippen LogP contribution < -0.4 is 14.8 Å². The third kappa shape index (κ3) is 4.57. The summed E-state index contributed by atoms with van der Waals surface area (Å²) in [5.74, 6) is 1.24. The maximum Gasteiger partial charge on any atom is 0.238 e. The Hall–Kier alpha value is -3.06. The van der Waals surface area contributed by atoms with Gasteiger partial charge in [-0.05, 0) is 42.0 Å². The van der Waals surface area contributed by atoms with Crippen molar-refractivity contribution < 1.29 is 23.5 Å². The minimum absolute atomic E-state index is 0.116. The number of carbonyl (C=O) groups is 2. The molecule has 0 aliphatic rings. The van der Waals surface area contributed by atoms with Crippen LogP contribution in [-0.2, 0) is 17.8 Å². The molecule has 0 atom stereocenters. The van der Waals surface area contributed by atoms with Gasteiger partial charge < -0.3 is 19.2 Å². The molecule has 0 aliphatic carbocycles. The van der Waals surface area contributed by atoms with E-state index >= 15 is 0 Å². The van der Waals surface area contributed by atoms with E-state index < -0.39 is 0 Å². The van der Waals surface area contributed by atoms with Crippen LogP contribution in [0.2, 0.25) is 0 Å². The van der Waals surface area contributed by atoms with Crippen LogP contribution in [0.15, 0.2) is 53.1 Å².